The Labute approximate surface area is 106 Å². The van der Waals surface area contributed by atoms with Crippen molar-refractivity contribution in [2.24, 2.45) is 0 Å². The summed E-state index contributed by atoms with van der Waals surface area (Å²) in [5.74, 6) is -2.14. The SMILES string of the molecule is Cc1c(NC(=O)/C=C\C(=O)O)cccc1C(F)(F)F. The van der Waals surface area contributed by atoms with Crippen molar-refractivity contribution in [3.05, 3.63) is 41.5 Å². The van der Waals surface area contributed by atoms with Crippen molar-refractivity contribution in [2.45, 2.75) is 13.1 Å². The Balaban J connectivity index is 2.98. The fourth-order valence-corrected chi connectivity index (χ4v) is 1.40. The highest BCUT2D eigenvalue weighted by atomic mass is 19.4. The fraction of sp³-hybridized carbons (Fsp3) is 0.167. The van der Waals surface area contributed by atoms with E-state index in [-0.39, 0.29) is 11.3 Å². The molecule has 4 nitrogen and oxygen atoms in total. The molecule has 0 radical (unpaired) electrons. The number of halogens is 3. The molecule has 102 valence electrons. The summed E-state index contributed by atoms with van der Waals surface area (Å²) in [7, 11) is 0. The van der Waals surface area contributed by atoms with Gasteiger partial charge in [-0.3, -0.25) is 4.79 Å². The van der Waals surface area contributed by atoms with Crippen LogP contribution in [-0.2, 0) is 15.8 Å². The second-order valence-electron chi connectivity index (χ2n) is 3.64. The van der Waals surface area contributed by atoms with Gasteiger partial charge in [-0.2, -0.15) is 13.2 Å². The normalized spacial score (nSPS) is 11.6. The lowest BCUT2D eigenvalue weighted by Crippen LogP contribution is -2.13. The maximum atomic E-state index is 12.6. The molecular weight excluding hydrogens is 263 g/mol. The summed E-state index contributed by atoms with van der Waals surface area (Å²) >= 11 is 0. The largest absolute Gasteiger partial charge is 0.478 e. The number of rotatable bonds is 3. The molecule has 0 saturated heterocycles. The first-order valence-electron chi connectivity index (χ1n) is 5.10. The van der Waals surface area contributed by atoms with Crippen molar-refractivity contribution < 1.29 is 27.9 Å². The van der Waals surface area contributed by atoms with E-state index < -0.39 is 23.6 Å². The number of aliphatic carboxylic acids is 1. The zero-order valence-corrected chi connectivity index (χ0v) is 9.78. The van der Waals surface area contributed by atoms with Crippen LogP contribution in [0.4, 0.5) is 18.9 Å². The molecule has 1 aromatic rings. The third kappa shape index (κ3) is 4.13. The van der Waals surface area contributed by atoms with Crippen molar-refractivity contribution in [2.75, 3.05) is 5.32 Å². The van der Waals surface area contributed by atoms with Crippen molar-refractivity contribution in [1.82, 2.24) is 0 Å². The van der Waals surface area contributed by atoms with Gasteiger partial charge in [0.1, 0.15) is 0 Å². The monoisotopic (exact) mass is 273 g/mol. The van der Waals surface area contributed by atoms with Crippen molar-refractivity contribution >= 4 is 17.6 Å². The van der Waals surface area contributed by atoms with Crippen LogP contribution in [0.5, 0.6) is 0 Å². The Morgan fingerprint density at radius 2 is 1.89 bits per heavy atom. The summed E-state index contributed by atoms with van der Waals surface area (Å²) in [5.41, 5.74) is -1.01. The third-order valence-electron chi connectivity index (χ3n) is 2.27. The second kappa shape index (κ2) is 5.55. The van der Waals surface area contributed by atoms with Crippen LogP contribution in [0.2, 0.25) is 0 Å². The molecule has 19 heavy (non-hydrogen) atoms. The van der Waals surface area contributed by atoms with Crippen LogP contribution in [0, 0.1) is 6.92 Å². The van der Waals surface area contributed by atoms with Crippen LogP contribution >= 0.6 is 0 Å². The third-order valence-corrected chi connectivity index (χ3v) is 2.27. The number of hydrogen-bond donors (Lipinski definition) is 2. The average Bonchev–Trinajstić information content (AvgIpc) is 2.27. The number of carbonyl (C=O) groups excluding carboxylic acids is 1. The van der Waals surface area contributed by atoms with E-state index in [0.29, 0.717) is 6.08 Å². The van der Waals surface area contributed by atoms with Crippen LogP contribution in [0.1, 0.15) is 11.1 Å². The maximum Gasteiger partial charge on any atom is 0.416 e. The van der Waals surface area contributed by atoms with E-state index >= 15 is 0 Å². The molecule has 7 heteroatoms. The summed E-state index contributed by atoms with van der Waals surface area (Å²) in [6, 6.07) is 3.36. The number of amides is 1. The summed E-state index contributed by atoms with van der Waals surface area (Å²) in [5, 5.41) is 10.5. The first-order valence-corrected chi connectivity index (χ1v) is 5.10. The molecule has 1 amide bonds. The molecule has 0 heterocycles. The maximum absolute atomic E-state index is 12.6. The molecular formula is C12H10F3NO3. The van der Waals surface area contributed by atoms with Crippen molar-refractivity contribution in [3.8, 4) is 0 Å². The minimum atomic E-state index is -4.51. The Morgan fingerprint density at radius 1 is 1.26 bits per heavy atom. The molecule has 0 unspecified atom stereocenters. The molecule has 1 rings (SSSR count). The van der Waals surface area contributed by atoms with E-state index in [1.165, 1.54) is 13.0 Å². The predicted octanol–water partition coefficient (Wildman–Crippen LogP) is 2.59. The van der Waals surface area contributed by atoms with Crippen LogP contribution in [-0.4, -0.2) is 17.0 Å². The second-order valence-corrected chi connectivity index (χ2v) is 3.64. The zero-order valence-electron chi connectivity index (χ0n) is 9.78. The summed E-state index contributed by atoms with van der Waals surface area (Å²) < 4.78 is 37.8. The fourth-order valence-electron chi connectivity index (χ4n) is 1.40. The number of carbonyl (C=O) groups is 2. The van der Waals surface area contributed by atoms with E-state index in [1.807, 2.05) is 0 Å². The topological polar surface area (TPSA) is 66.4 Å². The Morgan fingerprint density at radius 3 is 2.42 bits per heavy atom. The highest BCUT2D eigenvalue weighted by Crippen LogP contribution is 2.34. The zero-order chi connectivity index (χ0) is 14.6. The number of anilines is 1. The van der Waals surface area contributed by atoms with E-state index in [4.69, 9.17) is 5.11 Å². The molecule has 2 N–H and O–H groups in total. The van der Waals surface area contributed by atoms with Gasteiger partial charge >= 0.3 is 12.1 Å². The molecule has 0 atom stereocenters. The first-order chi connectivity index (χ1) is 8.71. The Hall–Kier alpha value is -2.31. The molecule has 0 aliphatic rings. The van der Waals surface area contributed by atoms with Crippen molar-refractivity contribution in [3.63, 3.8) is 0 Å². The standard InChI is InChI=1S/C12H10F3NO3/c1-7-8(12(13,14)15)3-2-4-9(7)16-10(17)5-6-11(18)19/h2-6H,1H3,(H,16,17)(H,18,19)/b6-5-. The van der Waals surface area contributed by atoms with Gasteiger partial charge in [-0.15, -0.1) is 0 Å². The number of nitrogens with one attached hydrogen (secondary N) is 1. The van der Waals surface area contributed by atoms with E-state index in [9.17, 15) is 22.8 Å². The van der Waals surface area contributed by atoms with Gasteiger partial charge in [-0.1, -0.05) is 6.07 Å². The molecule has 0 aliphatic heterocycles. The molecule has 0 bridgehead atoms. The molecule has 0 aromatic heterocycles. The lowest BCUT2D eigenvalue weighted by Gasteiger charge is -2.13. The molecule has 0 aliphatic carbocycles. The average molecular weight is 273 g/mol. The van der Waals surface area contributed by atoms with Crippen LogP contribution in [0.3, 0.4) is 0 Å². The minimum Gasteiger partial charge on any atom is -0.478 e. The van der Waals surface area contributed by atoms with Crippen molar-refractivity contribution in [1.29, 1.82) is 0 Å². The number of hydrogen-bond acceptors (Lipinski definition) is 2. The highest BCUT2D eigenvalue weighted by Gasteiger charge is 2.32. The van der Waals surface area contributed by atoms with Gasteiger partial charge in [-0.05, 0) is 24.6 Å². The molecule has 1 aromatic carbocycles. The Bertz CT molecular complexity index is 536. The summed E-state index contributed by atoms with van der Waals surface area (Å²) in [4.78, 5) is 21.5. The van der Waals surface area contributed by atoms with Gasteiger partial charge in [0.05, 0.1) is 5.56 Å². The highest BCUT2D eigenvalue weighted by molar-refractivity contribution is 6.02. The first kappa shape index (κ1) is 14.7. The lowest BCUT2D eigenvalue weighted by atomic mass is 10.1. The molecule has 0 saturated carbocycles. The van der Waals surface area contributed by atoms with Crippen LogP contribution < -0.4 is 5.32 Å². The van der Waals surface area contributed by atoms with Gasteiger partial charge in [0.15, 0.2) is 0 Å². The molecule has 0 spiro atoms. The van der Waals surface area contributed by atoms with Gasteiger partial charge in [-0.25, -0.2) is 4.79 Å². The number of alkyl halides is 3. The van der Waals surface area contributed by atoms with Gasteiger partial charge in [0.2, 0.25) is 5.91 Å². The number of carboxylic acids is 1. The van der Waals surface area contributed by atoms with Gasteiger partial charge < -0.3 is 10.4 Å². The predicted molar refractivity (Wildman–Crippen MR) is 61.6 cm³/mol. The summed E-state index contributed by atoms with van der Waals surface area (Å²) in [6.07, 6.45) is -3.19. The Kier molecular flexibility index (Phi) is 4.31. The lowest BCUT2D eigenvalue weighted by molar-refractivity contribution is -0.138. The van der Waals surface area contributed by atoms with Gasteiger partial charge in [0.25, 0.3) is 0 Å². The minimum absolute atomic E-state index is 0.0186. The van der Waals surface area contributed by atoms with E-state index in [1.54, 1.807) is 0 Å². The number of benzene rings is 1. The number of carboxylic acid groups (broad SMARTS) is 1. The molecule has 0 fully saturated rings. The quantitative estimate of drug-likeness (QED) is 0.832. The summed E-state index contributed by atoms with van der Waals surface area (Å²) in [6.45, 7) is 1.22. The smallest absolute Gasteiger partial charge is 0.416 e. The van der Waals surface area contributed by atoms with Gasteiger partial charge in [0, 0.05) is 17.8 Å². The van der Waals surface area contributed by atoms with E-state index in [2.05, 4.69) is 5.32 Å². The van der Waals surface area contributed by atoms with Crippen LogP contribution in [0.25, 0.3) is 0 Å². The van der Waals surface area contributed by atoms with Crippen LogP contribution in [0.15, 0.2) is 30.4 Å². The van der Waals surface area contributed by atoms with E-state index in [0.717, 1.165) is 18.2 Å².